The van der Waals surface area contributed by atoms with Gasteiger partial charge in [0, 0.05) is 25.3 Å². The molecule has 0 aliphatic carbocycles. The number of nitrogens with one attached hydrogen (secondary N) is 1. The van der Waals surface area contributed by atoms with Gasteiger partial charge in [-0.1, -0.05) is 0 Å². The molecule has 0 radical (unpaired) electrons. The largest absolute Gasteiger partial charge is 0.354 e. The van der Waals surface area contributed by atoms with Crippen LogP contribution in [0, 0.1) is 6.92 Å². The maximum atomic E-state index is 11.5. The van der Waals surface area contributed by atoms with E-state index in [1.165, 1.54) is 0 Å². The summed E-state index contributed by atoms with van der Waals surface area (Å²) in [6.45, 7) is 4.10. The van der Waals surface area contributed by atoms with Gasteiger partial charge in [-0.25, -0.2) is 9.97 Å². The van der Waals surface area contributed by atoms with Crippen LogP contribution in [0.15, 0.2) is 6.07 Å². The minimum absolute atomic E-state index is 0.0157. The van der Waals surface area contributed by atoms with Crippen molar-refractivity contribution in [2.75, 3.05) is 24.5 Å². The third kappa shape index (κ3) is 2.91. The molecule has 1 saturated heterocycles. The SMILES string of the molecule is Cc1cc(CN)nc(N2CCCNC(=O)C2)n1. The normalized spacial score (nSPS) is 16.6. The molecule has 0 atom stereocenters. The van der Waals surface area contributed by atoms with Crippen LogP contribution >= 0.6 is 0 Å². The second-order valence-electron chi connectivity index (χ2n) is 4.13. The highest BCUT2D eigenvalue weighted by molar-refractivity contribution is 5.81. The summed E-state index contributed by atoms with van der Waals surface area (Å²) in [5, 5.41) is 2.83. The van der Waals surface area contributed by atoms with E-state index in [-0.39, 0.29) is 5.91 Å². The fourth-order valence-corrected chi connectivity index (χ4v) is 1.84. The number of aromatic nitrogens is 2. The van der Waals surface area contributed by atoms with Crippen molar-refractivity contribution >= 4 is 11.9 Å². The van der Waals surface area contributed by atoms with Crippen molar-refractivity contribution in [1.29, 1.82) is 0 Å². The molecule has 1 aliphatic heterocycles. The number of nitrogens with two attached hydrogens (primary N) is 1. The first-order chi connectivity index (χ1) is 8.19. The highest BCUT2D eigenvalue weighted by Gasteiger charge is 2.17. The van der Waals surface area contributed by atoms with Gasteiger partial charge < -0.3 is 16.0 Å². The van der Waals surface area contributed by atoms with E-state index in [2.05, 4.69) is 15.3 Å². The van der Waals surface area contributed by atoms with Gasteiger partial charge in [0.1, 0.15) is 0 Å². The average molecular weight is 235 g/mol. The van der Waals surface area contributed by atoms with E-state index < -0.39 is 0 Å². The number of hydrogen-bond donors (Lipinski definition) is 2. The standard InChI is InChI=1S/C11H17N5O/c1-8-5-9(6-12)15-11(14-8)16-4-2-3-13-10(17)7-16/h5H,2-4,6-7,12H2,1H3,(H,13,17). The van der Waals surface area contributed by atoms with E-state index in [9.17, 15) is 4.79 Å². The molecule has 2 heterocycles. The fourth-order valence-electron chi connectivity index (χ4n) is 1.84. The van der Waals surface area contributed by atoms with E-state index in [0.29, 0.717) is 25.6 Å². The van der Waals surface area contributed by atoms with Crippen molar-refractivity contribution < 1.29 is 4.79 Å². The van der Waals surface area contributed by atoms with Crippen molar-refractivity contribution in [2.24, 2.45) is 5.73 Å². The van der Waals surface area contributed by atoms with Gasteiger partial charge in [-0.15, -0.1) is 0 Å². The van der Waals surface area contributed by atoms with Crippen LogP contribution in [-0.2, 0) is 11.3 Å². The molecule has 1 amide bonds. The van der Waals surface area contributed by atoms with Crippen molar-refractivity contribution in [3.05, 3.63) is 17.5 Å². The van der Waals surface area contributed by atoms with Gasteiger partial charge in [-0.05, 0) is 19.4 Å². The molecule has 2 rings (SSSR count). The predicted molar refractivity (Wildman–Crippen MR) is 64.5 cm³/mol. The summed E-state index contributed by atoms with van der Waals surface area (Å²) in [7, 11) is 0. The van der Waals surface area contributed by atoms with Crippen LogP contribution in [-0.4, -0.2) is 35.5 Å². The Labute approximate surface area is 100 Å². The number of carbonyl (C=O) groups excluding carboxylic acids is 1. The molecule has 0 saturated carbocycles. The summed E-state index contributed by atoms with van der Waals surface area (Å²) in [6.07, 6.45) is 0.904. The van der Waals surface area contributed by atoms with Gasteiger partial charge in [0.05, 0.1) is 12.2 Å². The lowest BCUT2D eigenvalue weighted by molar-refractivity contribution is -0.119. The molecule has 92 valence electrons. The summed E-state index contributed by atoms with van der Waals surface area (Å²) >= 11 is 0. The zero-order valence-corrected chi connectivity index (χ0v) is 9.94. The summed E-state index contributed by atoms with van der Waals surface area (Å²) in [4.78, 5) is 22.1. The number of carbonyl (C=O) groups is 1. The maximum Gasteiger partial charge on any atom is 0.239 e. The Morgan fingerprint density at radius 3 is 3.12 bits per heavy atom. The van der Waals surface area contributed by atoms with Gasteiger partial charge in [-0.2, -0.15) is 0 Å². The maximum absolute atomic E-state index is 11.5. The van der Waals surface area contributed by atoms with Gasteiger partial charge >= 0.3 is 0 Å². The van der Waals surface area contributed by atoms with Crippen molar-refractivity contribution in [2.45, 2.75) is 19.9 Å². The number of rotatable bonds is 2. The lowest BCUT2D eigenvalue weighted by Crippen LogP contribution is -2.34. The van der Waals surface area contributed by atoms with Crippen LogP contribution in [0.5, 0.6) is 0 Å². The Kier molecular flexibility index (Phi) is 3.53. The predicted octanol–water partition coefficient (Wildman–Crippen LogP) is -0.430. The van der Waals surface area contributed by atoms with Crippen LogP contribution < -0.4 is 16.0 Å². The Morgan fingerprint density at radius 2 is 2.35 bits per heavy atom. The van der Waals surface area contributed by atoms with E-state index >= 15 is 0 Å². The summed E-state index contributed by atoms with van der Waals surface area (Å²) < 4.78 is 0. The molecule has 6 nitrogen and oxygen atoms in total. The average Bonchev–Trinajstić information content (AvgIpc) is 2.53. The molecule has 1 aromatic rings. The Hall–Kier alpha value is -1.69. The van der Waals surface area contributed by atoms with Crippen LogP contribution in [0.2, 0.25) is 0 Å². The first-order valence-corrected chi connectivity index (χ1v) is 5.75. The first kappa shape index (κ1) is 11.8. The number of anilines is 1. The summed E-state index contributed by atoms with van der Waals surface area (Å²) in [5.74, 6) is 0.615. The Balaban J connectivity index is 2.25. The minimum atomic E-state index is 0.0157. The van der Waals surface area contributed by atoms with Crippen molar-refractivity contribution in [3.63, 3.8) is 0 Å². The molecule has 0 spiro atoms. The van der Waals surface area contributed by atoms with Gasteiger partial charge in [0.15, 0.2) is 0 Å². The van der Waals surface area contributed by atoms with Crippen LogP contribution in [0.1, 0.15) is 17.8 Å². The lowest BCUT2D eigenvalue weighted by atomic mass is 10.3. The summed E-state index contributed by atoms with van der Waals surface area (Å²) in [5.41, 5.74) is 7.27. The van der Waals surface area contributed by atoms with E-state index in [1.807, 2.05) is 17.9 Å². The lowest BCUT2D eigenvalue weighted by Gasteiger charge is -2.19. The molecular weight excluding hydrogens is 218 g/mol. The molecule has 3 N–H and O–H groups in total. The van der Waals surface area contributed by atoms with E-state index in [0.717, 1.165) is 24.4 Å². The molecule has 17 heavy (non-hydrogen) atoms. The second kappa shape index (κ2) is 5.09. The van der Waals surface area contributed by atoms with Gasteiger partial charge in [0.2, 0.25) is 11.9 Å². The number of nitrogens with zero attached hydrogens (tertiary/aromatic N) is 3. The van der Waals surface area contributed by atoms with Crippen molar-refractivity contribution in [3.8, 4) is 0 Å². The molecule has 6 heteroatoms. The zero-order valence-electron chi connectivity index (χ0n) is 9.94. The number of aryl methyl sites for hydroxylation is 1. The number of amides is 1. The minimum Gasteiger partial charge on any atom is -0.354 e. The molecular formula is C11H17N5O. The van der Waals surface area contributed by atoms with Crippen LogP contribution in [0.3, 0.4) is 0 Å². The molecule has 1 aliphatic rings. The smallest absolute Gasteiger partial charge is 0.239 e. The van der Waals surface area contributed by atoms with E-state index in [1.54, 1.807) is 0 Å². The number of hydrogen-bond acceptors (Lipinski definition) is 5. The highest BCUT2D eigenvalue weighted by atomic mass is 16.2. The second-order valence-corrected chi connectivity index (χ2v) is 4.13. The molecule has 0 unspecified atom stereocenters. The molecule has 1 fully saturated rings. The Morgan fingerprint density at radius 1 is 1.53 bits per heavy atom. The van der Waals surface area contributed by atoms with E-state index in [4.69, 9.17) is 5.73 Å². The highest BCUT2D eigenvalue weighted by Crippen LogP contribution is 2.11. The third-order valence-corrected chi connectivity index (χ3v) is 2.65. The quantitative estimate of drug-likeness (QED) is 0.726. The third-order valence-electron chi connectivity index (χ3n) is 2.65. The topological polar surface area (TPSA) is 84.1 Å². The monoisotopic (exact) mass is 235 g/mol. The first-order valence-electron chi connectivity index (χ1n) is 5.75. The molecule has 1 aromatic heterocycles. The van der Waals surface area contributed by atoms with Gasteiger partial charge in [0.25, 0.3) is 0 Å². The molecule has 0 aromatic carbocycles. The van der Waals surface area contributed by atoms with Crippen LogP contribution in [0.25, 0.3) is 0 Å². The zero-order chi connectivity index (χ0) is 12.3. The molecule has 0 bridgehead atoms. The summed E-state index contributed by atoms with van der Waals surface area (Å²) in [6, 6.07) is 1.86. The Bertz CT molecular complexity index is 420. The van der Waals surface area contributed by atoms with Crippen molar-refractivity contribution in [1.82, 2.24) is 15.3 Å². The fraction of sp³-hybridized carbons (Fsp3) is 0.545. The van der Waals surface area contributed by atoms with Gasteiger partial charge in [-0.3, -0.25) is 4.79 Å². The van der Waals surface area contributed by atoms with Crippen LogP contribution in [0.4, 0.5) is 5.95 Å².